The van der Waals surface area contributed by atoms with Crippen molar-refractivity contribution in [1.82, 2.24) is 25.6 Å². The Morgan fingerprint density at radius 2 is 1.97 bits per heavy atom. The van der Waals surface area contributed by atoms with E-state index in [-0.39, 0.29) is 24.3 Å². The number of hydrogen-bond acceptors (Lipinski definition) is 8. The Morgan fingerprint density at radius 1 is 1.09 bits per heavy atom. The summed E-state index contributed by atoms with van der Waals surface area (Å²) in [6, 6.07) is 4.21. The third-order valence-corrected chi connectivity index (χ3v) is 7.27. The molecule has 2 aromatic heterocycles. The summed E-state index contributed by atoms with van der Waals surface area (Å²) in [5.74, 6) is 1.45. The van der Waals surface area contributed by atoms with Crippen molar-refractivity contribution < 1.29 is 9.59 Å². The molecule has 1 unspecified atom stereocenters. The second kappa shape index (κ2) is 7.91. The van der Waals surface area contributed by atoms with Gasteiger partial charge in [0.25, 0.3) is 5.91 Å². The van der Waals surface area contributed by atoms with Gasteiger partial charge in [-0.1, -0.05) is 18.9 Å². The number of pyridine rings is 1. The number of imide groups is 1. The summed E-state index contributed by atoms with van der Waals surface area (Å²) in [6.45, 7) is 1.87. The van der Waals surface area contributed by atoms with E-state index in [0.717, 1.165) is 62.1 Å². The number of carbonyl (C=O) groups excluding carboxylic acids is 2. The molecule has 3 aliphatic heterocycles. The Balaban J connectivity index is 1.28. The van der Waals surface area contributed by atoms with Crippen LogP contribution < -0.4 is 20.9 Å². The Kier molecular flexibility index (Phi) is 4.86. The van der Waals surface area contributed by atoms with Gasteiger partial charge in [0.05, 0.1) is 6.42 Å². The predicted octanol–water partition coefficient (Wildman–Crippen LogP) is 2.08. The molecular formula is C24H27N7O2. The smallest absolute Gasteiger partial charge is 0.253 e. The predicted molar refractivity (Wildman–Crippen MR) is 124 cm³/mol. The zero-order valence-electron chi connectivity index (χ0n) is 18.4. The van der Waals surface area contributed by atoms with E-state index in [2.05, 4.69) is 43.0 Å². The molecule has 1 spiro atoms. The molecule has 33 heavy (non-hydrogen) atoms. The van der Waals surface area contributed by atoms with Gasteiger partial charge in [-0.3, -0.25) is 14.9 Å². The summed E-state index contributed by atoms with van der Waals surface area (Å²) in [5.41, 5.74) is 2.48. The highest BCUT2D eigenvalue weighted by Gasteiger charge is 2.58. The summed E-state index contributed by atoms with van der Waals surface area (Å²) >= 11 is 0. The molecule has 0 aromatic carbocycles. The molecule has 9 nitrogen and oxygen atoms in total. The van der Waals surface area contributed by atoms with Crippen molar-refractivity contribution in [3.63, 3.8) is 0 Å². The molecular weight excluding hydrogens is 418 g/mol. The van der Waals surface area contributed by atoms with Gasteiger partial charge in [-0.05, 0) is 49.1 Å². The summed E-state index contributed by atoms with van der Waals surface area (Å²) in [6.07, 6.45) is 11.8. The number of carbonyl (C=O) groups is 2. The van der Waals surface area contributed by atoms with Crippen LogP contribution >= 0.6 is 0 Å². The maximum Gasteiger partial charge on any atom is 0.253 e. The first kappa shape index (κ1) is 20.3. The lowest BCUT2D eigenvalue weighted by Crippen LogP contribution is -2.56. The van der Waals surface area contributed by atoms with Crippen molar-refractivity contribution >= 4 is 35.0 Å². The molecule has 1 saturated carbocycles. The topological polar surface area (TPSA) is 112 Å². The van der Waals surface area contributed by atoms with Crippen LogP contribution in [0.2, 0.25) is 0 Å². The van der Waals surface area contributed by atoms with Gasteiger partial charge in [0.2, 0.25) is 11.9 Å². The zero-order chi connectivity index (χ0) is 22.4. The number of aromatic nitrogens is 3. The van der Waals surface area contributed by atoms with Crippen molar-refractivity contribution in [3.05, 3.63) is 41.7 Å². The third kappa shape index (κ3) is 3.47. The molecule has 3 N–H and O–H groups in total. The number of rotatable bonds is 4. The van der Waals surface area contributed by atoms with Crippen molar-refractivity contribution in [1.29, 1.82) is 0 Å². The van der Waals surface area contributed by atoms with Gasteiger partial charge in [0, 0.05) is 37.0 Å². The van der Waals surface area contributed by atoms with Crippen LogP contribution in [0.25, 0.3) is 5.57 Å². The minimum absolute atomic E-state index is 0.176. The third-order valence-electron chi connectivity index (χ3n) is 7.27. The molecule has 5 heterocycles. The SMILES string of the molecule is O=C1CC2(Cc3cnc(Nc4ccc(C5=CCNCC5)cn4)nc3N2C2CCCC2)C(=O)N1. The van der Waals surface area contributed by atoms with E-state index < -0.39 is 5.54 Å². The normalized spacial score (nSPS) is 24.8. The Labute approximate surface area is 192 Å². The first-order valence-electron chi connectivity index (χ1n) is 11.8. The lowest BCUT2D eigenvalue weighted by Gasteiger charge is -2.38. The van der Waals surface area contributed by atoms with E-state index in [1.165, 1.54) is 5.57 Å². The molecule has 0 radical (unpaired) electrons. The minimum atomic E-state index is -0.871. The lowest BCUT2D eigenvalue weighted by atomic mass is 9.91. The fourth-order valence-corrected chi connectivity index (χ4v) is 5.71. The van der Waals surface area contributed by atoms with Gasteiger partial charge in [0.15, 0.2) is 0 Å². The summed E-state index contributed by atoms with van der Waals surface area (Å²) < 4.78 is 0. The molecule has 4 aliphatic rings. The molecule has 0 bridgehead atoms. The monoisotopic (exact) mass is 445 g/mol. The van der Waals surface area contributed by atoms with Crippen LogP contribution in [0, 0.1) is 0 Å². The van der Waals surface area contributed by atoms with Crippen molar-refractivity contribution in [2.24, 2.45) is 0 Å². The average molecular weight is 446 g/mol. The van der Waals surface area contributed by atoms with Crippen molar-refractivity contribution in [3.8, 4) is 0 Å². The zero-order valence-corrected chi connectivity index (χ0v) is 18.4. The number of amides is 2. The van der Waals surface area contributed by atoms with Crippen LogP contribution in [0.15, 0.2) is 30.6 Å². The van der Waals surface area contributed by atoms with Crippen LogP contribution in [0.1, 0.15) is 49.7 Å². The summed E-state index contributed by atoms with van der Waals surface area (Å²) in [7, 11) is 0. The first-order valence-corrected chi connectivity index (χ1v) is 11.8. The van der Waals surface area contributed by atoms with Gasteiger partial charge in [-0.15, -0.1) is 0 Å². The van der Waals surface area contributed by atoms with E-state index in [4.69, 9.17) is 4.98 Å². The summed E-state index contributed by atoms with van der Waals surface area (Å²) in [5, 5.41) is 9.06. The van der Waals surface area contributed by atoms with E-state index in [0.29, 0.717) is 18.2 Å². The van der Waals surface area contributed by atoms with Crippen molar-refractivity contribution in [2.75, 3.05) is 23.3 Å². The lowest BCUT2D eigenvalue weighted by molar-refractivity contribution is -0.126. The molecule has 2 amide bonds. The Morgan fingerprint density at radius 3 is 2.67 bits per heavy atom. The molecule has 1 aliphatic carbocycles. The number of nitrogens with zero attached hydrogens (tertiary/aromatic N) is 4. The summed E-state index contributed by atoms with van der Waals surface area (Å²) in [4.78, 5) is 41.1. The highest BCUT2D eigenvalue weighted by atomic mass is 16.2. The van der Waals surface area contributed by atoms with E-state index >= 15 is 0 Å². The largest absolute Gasteiger partial charge is 0.338 e. The molecule has 6 rings (SSSR count). The molecule has 2 fully saturated rings. The Bertz CT molecular complexity index is 1140. The minimum Gasteiger partial charge on any atom is -0.338 e. The average Bonchev–Trinajstić information content (AvgIpc) is 3.52. The van der Waals surface area contributed by atoms with Crippen LogP contribution in [0.3, 0.4) is 0 Å². The van der Waals surface area contributed by atoms with Crippen LogP contribution in [0.4, 0.5) is 17.6 Å². The van der Waals surface area contributed by atoms with Gasteiger partial charge in [0.1, 0.15) is 17.2 Å². The van der Waals surface area contributed by atoms with E-state index in [1.807, 2.05) is 12.3 Å². The molecule has 9 heteroatoms. The highest BCUT2D eigenvalue weighted by molar-refractivity contribution is 6.11. The van der Waals surface area contributed by atoms with E-state index in [9.17, 15) is 9.59 Å². The van der Waals surface area contributed by atoms with Crippen LogP contribution in [0.5, 0.6) is 0 Å². The van der Waals surface area contributed by atoms with Crippen LogP contribution in [-0.2, 0) is 16.0 Å². The second-order valence-corrected chi connectivity index (χ2v) is 9.35. The standard InChI is InChI=1S/C24H27N7O2/c32-20-12-24(22(33)29-20)11-17-14-27-23(30-21(17)31(24)18-3-1-2-4-18)28-19-6-5-16(13-26-19)15-7-9-25-10-8-15/h5-7,13-14,18,25H,1-4,8-12H2,(H,29,32,33)(H,26,27,28,30). The van der Waals surface area contributed by atoms with E-state index in [1.54, 1.807) is 6.20 Å². The fourth-order valence-electron chi connectivity index (χ4n) is 5.71. The van der Waals surface area contributed by atoms with Crippen LogP contribution in [-0.4, -0.2) is 51.4 Å². The van der Waals surface area contributed by atoms with Gasteiger partial charge < -0.3 is 15.5 Å². The second-order valence-electron chi connectivity index (χ2n) is 9.35. The molecule has 170 valence electrons. The highest BCUT2D eigenvalue weighted by Crippen LogP contribution is 2.46. The number of hydrogen-bond donors (Lipinski definition) is 3. The number of fused-ring (bicyclic) bond motifs is 1. The molecule has 2 aromatic rings. The maximum absolute atomic E-state index is 12.9. The number of anilines is 3. The Hall–Kier alpha value is -3.33. The van der Waals surface area contributed by atoms with Gasteiger partial charge in [-0.2, -0.15) is 4.98 Å². The maximum atomic E-state index is 12.9. The fraction of sp³-hybridized carbons (Fsp3) is 0.458. The molecule has 1 atom stereocenters. The van der Waals surface area contributed by atoms with Gasteiger partial charge in [-0.25, -0.2) is 9.97 Å². The van der Waals surface area contributed by atoms with Crippen molar-refractivity contribution in [2.45, 2.75) is 56.5 Å². The quantitative estimate of drug-likeness (QED) is 0.614. The molecule has 1 saturated heterocycles. The first-order chi connectivity index (χ1) is 16.1. The van der Waals surface area contributed by atoms with Gasteiger partial charge >= 0.3 is 0 Å². The number of nitrogens with one attached hydrogen (secondary N) is 3.